The van der Waals surface area contributed by atoms with Gasteiger partial charge in [-0.3, -0.25) is 9.59 Å². The number of halogens is 3. The van der Waals surface area contributed by atoms with Crippen LogP contribution in [0.2, 0.25) is 15.1 Å². The number of nitrogens with one attached hydrogen (secondary N) is 2. The number of anilines is 1. The lowest BCUT2D eigenvalue weighted by Crippen LogP contribution is -2.36. The second kappa shape index (κ2) is 6.80. The lowest BCUT2D eigenvalue weighted by atomic mass is 10.3. The number of benzene rings is 1. The van der Waals surface area contributed by atoms with Crippen LogP contribution in [0.25, 0.3) is 0 Å². The fourth-order valence-electron chi connectivity index (χ4n) is 1.06. The van der Waals surface area contributed by atoms with E-state index in [1.807, 2.05) is 0 Å². The van der Waals surface area contributed by atoms with Crippen molar-refractivity contribution in [2.24, 2.45) is 5.73 Å². The van der Waals surface area contributed by atoms with Crippen LogP contribution >= 0.6 is 34.8 Å². The standard InChI is InChI=1S/C10H10Cl3N3O2/c11-5-1-7(13)8(2-6(5)12)16-10(18)4-15-9(17)3-14/h1-2H,3-4,14H2,(H,15,17)(H,16,18). The van der Waals surface area contributed by atoms with Crippen molar-refractivity contribution in [3.63, 3.8) is 0 Å². The fourth-order valence-corrected chi connectivity index (χ4v) is 1.66. The predicted octanol–water partition coefficient (Wildman–Crippen LogP) is 1.66. The Morgan fingerprint density at radius 1 is 1.06 bits per heavy atom. The summed E-state index contributed by atoms with van der Waals surface area (Å²) in [6.45, 7) is -0.382. The molecule has 0 fully saturated rings. The van der Waals surface area contributed by atoms with Crippen molar-refractivity contribution in [3.05, 3.63) is 27.2 Å². The summed E-state index contributed by atoms with van der Waals surface area (Å²) in [7, 11) is 0. The summed E-state index contributed by atoms with van der Waals surface area (Å²) < 4.78 is 0. The molecule has 0 aliphatic carbocycles. The summed E-state index contributed by atoms with van der Waals surface area (Å²) in [5.41, 5.74) is 5.39. The van der Waals surface area contributed by atoms with Gasteiger partial charge in [-0.05, 0) is 12.1 Å². The average molecular weight is 311 g/mol. The highest BCUT2D eigenvalue weighted by atomic mass is 35.5. The molecule has 0 radical (unpaired) electrons. The number of hydrogen-bond acceptors (Lipinski definition) is 3. The van der Waals surface area contributed by atoms with Crippen molar-refractivity contribution in [2.45, 2.75) is 0 Å². The van der Waals surface area contributed by atoms with Crippen molar-refractivity contribution in [1.82, 2.24) is 5.32 Å². The van der Waals surface area contributed by atoms with E-state index in [4.69, 9.17) is 40.5 Å². The molecule has 0 unspecified atom stereocenters. The van der Waals surface area contributed by atoms with Crippen molar-refractivity contribution in [1.29, 1.82) is 0 Å². The molecule has 2 amide bonds. The van der Waals surface area contributed by atoms with Crippen LogP contribution < -0.4 is 16.4 Å². The second-order valence-electron chi connectivity index (χ2n) is 3.28. The molecule has 1 aromatic rings. The van der Waals surface area contributed by atoms with Gasteiger partial charge in [-0.2, -0.15) is 0 Å². The van der Waals surface area contributed by atoms with Gasteiger partial charge >= 0.3 is 0 Å². The molecule has 0 bridgehead atoms. The van der Waals surface area contributed by atoms with Gasteiger partial charge in [-0.15, -0.1) is 0 Å². The predicted molar refractivity (Wildman–Crippen MR) is 72.2 cm³/mol. The van der Waals surface area contributed by atoms with Gasteiger partial charge in [0.05, 0.1) is 33.8 Å². The molecule has 1 aromatic carbocycles. The van der Waals surface area contributed by atoms with E-state index in [1.54, 1.807) is 0 Å². The smallest absolute Gasteiger partial charge is 0.243 e. The van der Waals surface area contributed by atoms with Crippen molar-refractivity contribution in [2.75, 3.05) is 18.4 Å². The highest BCUT2D eigenvalue weighted by molar-refractivity contribution is 6.44. The molecule has 8 heteroatoms. The summed E-state index contributed by atoms with van der Waals surface area (Å²) in [6.07, 6.45) is 0. The monoisotopic (exact) mass is 309 g/mol. The van der Waals surface area contributed by atoms with Crippen LogP contribution in [0.3, 0.4) is 0 Å². The van der Waals surface area contributed by atoms with Gasteiger partial charge in [0.25, 0.3) is 0 Å². The number of rotatable bonds is 4. The normalized spacial score (nSPS) is 10.0. The van der Waals surface area contributed by atoms with Crippen LogP contribution in [-0.4, -0.2) is 24.9 Å². The Hall–Kier alpha value is -1.01. The average Bonchev–Trinajstić information content (AvgIpc) is 2.33. The third kappa shape index (κ3) is 4.34. The first-order chi connectivity index (χ1) is 8.43. The highest BCUT2D eigenvalue weighted by Crippen LogP contribution is 2.32. The minimum atomic E-state index is -0.447. The topological polar surface area (TPSA) is 84.2 Å². The Morgan fingerprint density at radius 2 is 1.67 bits per heavy atom. The van der Waals surface area contributed by atoms with Crippen LogP contribution in [0.15, 0.2) is 12.1 Å². The third-order valence-corrected chi connectivity index (χ3v) is 2.95. The molecule has 0 atom stereocenters. The molecule has 0 saturated carbocycles. The minimum Gasteiger partial charge on any atom is -0.346 e. The lowest BCUT2D eigenvalue weighted by molar-refractivity contribution is -0.123. The first-order valence-electron chi connectivity index (χ1n) is 4.85. The summed E-state index contributed by atoms with van der Waals surface area (Å²) in [5.74, 6) is -0.873. The van der Waals surface area contributed by atoms with E-state index in [0.717, 1.165) is 0 Å². The number of hydrogen-bond donors (Lipinski definition) is 3. The van der Waals surface area contributed by atoms with Gasteiger partial charge in [0.15, 0.2) is 0 Å². The maximum atomic E-state index is 11.5. The van der Waals surface area contributed by atoms with E-state index >= 15 is 0 Å². The Labute approximate surface area is 119 Å². The van der Waals surface area contributed by atoms with E-state index in [0.29, 0.717) is 5.69 Å². The SMILES string of the molecule is NCC(=O)NCC(=O)Nc1cc(Cl)c(Cl)cc1Cl. The summed E-state index contributed by atoms with van der Waals surface area (Å²) in [5, 5.41) is 5.61. The van der Waals surface area contributed by atoms with Crippen molar-refractivity contribution < 1.29 is 9.59 Å². The molecule has 4 N–H and O–H groups in total. The summed E-state index contributed by atoms with van der Waals surface area (Å²) in [6, 6.07) is 2.84. The zero-order valence-electron chi connectivity index (χ0n) is 9.10. The second-order valence-corrected chi connectivity index (χ2v) is 4.50. The maximum Gasteiger partial charge on any atom is 0.243 e. The van der Waals surface area contributed by atoms with Crippen LogP contribution in [-0.2, 0) is 9.59 Å². The third-order valence-electron chi connectivity index (χ3n) is 1.92. The Balaban J connectivity index is 2.65. The largest absolute Gasteiger partial charge is 0.346 e. The molecule has 0 aliphatic rings. The molecule has 0 saturated heterocycles. The van der Waals surface area contributed by atoms with Gasteiger partial charge in [-0.25, -0.2) is 0 Å². The van der Waals surface area contributed by atoms with E-state index in [9.17, 15) is 9.59 Å². The van der Waals surface area contributed by atoms with E-state index in [1.165, 1.54) is 12.1 Å². The number of amides is 2. The van der Waals surface area contributed by atoms with Gasteiger partial charge < -0.3 is 16.4 Å². The number of carbonyl (C=O) groups excluding carboxylic acids is 2. The Bertz CT molecular complexity index is 480. The molecule has 0 aromatic heterocycles. The van der Waals surface area contributed by atoms with Gasteiger partial charge in [0, 0.05) is 0 Å². The van der Waals surface area contributed by atoms with E-state index in [-0.39, 0.29) is 28.2 Å². The number of carbonyl (C=O) groups is 2. The van der Waals surface area contributed by atoms with Crippen LogP contribution in [0.1, 0.15) is 0 Å². The molecular formula is C10H10Cl3N3O2. The fraction of sp³-hybridized carbons (Fsp3) is 0.200. The van der Waals surface area contributed by atoms with Crippen molar-refractivity contribution in [3.8, 4) is 0 Å². The maximum absolute atomic E-state index is 11.5. The quantitative estimate of drug-likeness (QED) is 0.740. The zero-order chi connectivity index (χ0) is 13.7. The Morgan fingerprint density at radius 3 is 2.28 bits per heavy atom. The first kappa shape index (κ1) is 15.0. The molecular weight excluding hydrogens is 300 g/mol. The highest BCUT2D eigenvalue weighted by Gasteiger charge is 2.10. The molecule has 98 valence electrons. The van der Waals surface area contributed by atoms with Gasteiger partial charge in [0.2, 0.25) is 11.8 Å². The number of nitrogens with two attached hydrogens (primary N) is 1. The molecule has 0 aliphatic heterocycles. The first-order valence-corrected chi connectivity index (χ1v) is 5.98. The van der Waals surface area contributed by atoms with Gasteiger partial charge in [-0.1, -0.05) is 34.8 Å². The van der Waals surface area contributed by atoms with Gasteiger partial charge in [0.1, 0.15) is 0 Å². The van der Waals surface area contributed by atoms with Crippen LogP contribution in [0.5, 0.6) is 0 Å². The molecule has 18 heavy (non-hydrogen) atoms. The molecule has 0 spiro atoms. The van der Waals surface area contributed by atoms with Crippen LogP contribution in [0.4, 0.5) is 5.69 Å². The Kier molecular flexibility index (Phi) is 5.68. The minimum absolute atomic E-state index is 0.180. The van der Waals surface area contributed by atoms with E-state index < -0.39 is 11.8 Å². The summed E-state index contributed by atoms with van der Waals surface area (Å²) in [4.78, 5) is 22.3. The molecule has 1 rings (SSSR count). The van der Waals surface area contributed by atoms with E-state index in [2.05, 4.69) is 10.6 Å². The molecule has 0 heterocycles. The van der Waals surface area contributed by atoms with Crippen molar-refractivity contribution >= 4 is 52.3 Å². The lowest BCUT2D eigenvalue weighted by Gasteiger charge is -2.09. The summed E-state index contributed by atoms with van der Waals surface area (Å²) >= 11 is 17.4. The van der Waals surface area contributed by atoms with Crippen LogP contribution in [0, 0.1) is 0 Å². The zero-order valence-corrected chi connectivity index (χ0v) is 11.4. The molecule has 5 nitrogen and oxygen atoms in total.